The van der Waals surface area contributed by atoms with Gasteiger partial charge in [-0.15, -0.1) is 0 Å². The number of aromatic carboxylic acids is 1. The highest BCUT2D eigenvalue weighted by Gasteiger charge is 2.17. The summed E-state index contributed by atoms with van der Waals surface area (Å²) in [6.45, 7) is 4.36. The van der Waals surface area contributed by atoms with E-state index in [1.165, 1.54) is 0 Å². The van der Waals surface area contributed by atoms with Gasteiger partial charge in [-0.3, -0.25) is 9.05 Å². The minimum absolute atomic E-state index is 0.141. The number of para-hydroxylation sites is 1. The van der Waals surface area contributed by atoms with Crippen LogP contribution in [0.4, 0.5) is 5.69 Å². The van der Waals surface area contributed by atoms with Gasteiger partial charge in [0, 0.05) is 18.7 Å². The van der Waals surface area contributed by atoms with E-state index in [-0.39, 0.29) is 12.0 Å². The van der Waals surface area contributed by atoms with Gasteiger partial charge in [-0.25, -0.2) is 4.79 Å². The lowest BCUT2D eigenvalue weighted by Gasteiger charge is -2.17. The summed E-state index contributed by atoms with van der Waals surface area (Å²) >= 11 is 0. The first kappa shape index (κ1) is 25.6. The average Bonchev–Trinajstić information content (AvgIpc) is 2.63. The fourth-order valence-electron chi connectivity index (χ4n) is 2.39. The number of hydrogen-bond donors (Lipinski definition) is 6. The van der Waals surface area contributed by atoms with Gasteiger partial charge >= 0.3 is 23.2 Å². The Labute approximate surface area is 172 Å². The van der Waals surface area contributed by atoms with Crippen molar-refractivity contribution in [1.29, 1.82) is 0 Å². The molecule has 1 aromatic rings. The number of anilines is 1. The van der Waals surface area contributed by atoms with Gasteiger partial charge < -0.3 is 30.0 Å². The number of benzene rings is 1. The van der Waals surface area contributed by atoms with Crippen molar-refractivity contribution in [3.8, 4) is 0 Å². The summed E-state index contributed by atoms with van der Waals surface area (Å²) in [5.41, 5.74) is 2.84. The quantitative estimate of drug-likeness (QED) is 0.151. The molecule has 11 heteroatoms. The van der Waals surface area contributed by atoms with Crippen LogP contribution in [0.15, 0.2) is 47.6 Å². The van der Waals surface area contributed by atoms with Crippen LogP contribution in [-0.4, -0.2) is 43.5 Å². The molecule has 29 heavy (non-hydrogen) atoms. The van der Waals surface area contributed by atoms with Gasteiger partial charge in [0.05, 0.1) is 5.56 Å². The summed E-state index contributed by atoms with van der Waals surface area (Å²) in [4.78, 5) is 46.7. The lowest BCUT2D eigenvalue weighted by Crippen LogP contribution is -2.11. The second-order valence-electron chi connectivity index (χ2n) is 6.23. The fourth-order valence-corrected chi connectivity index (χ4v) is 3.14. The Morgan fingerprint density at radius 1 is 1.07 bits per heavy atom. The molecule has 1 aromatic carbocycles. The molecule has 0 atom stereocenters. The normalized spacial score (nSPS) is 12.9. The Kier molecular flexibility index (Phi) is 12.1. The molecule has 0 amide bonds. The van der Waals surface area contributed by atoms with E-state index in [2.05, 4.69) is 5.32 Å². The average molecular weight is 447 g/mol. The molecule has 0 aliphatic rings. The number of rotatable bonds is 13. The molecule has 0 fully saturated rings. The molecule has 9 nitrogen and oxygen atoms in total. The van der Waals surface area contributed by atoms with Crippen molar-refractivity contribution in [2.75, 3.05) is 11.9 Å². The third-order valence-corrected chi connectivity index (χ3v) is 4.68. The maximum absolute atomic E-state index is 11.2. The molecule has 0 radical (unpaired) electrons. The van der Waals surface area contributed by atoms with Crippen LogP contribution in [0.1, 0.15) is 43.5 Å². The molecule has 0 saturated heterocycles. The summed E-state index contributed by atoms with van der Waals surface area (Å²) in [6.07, 6.45) is 4.29. The lowest BCUT2D eigenvalue weighted by atomic mass is 10.1. The van der Waals surface area contributed by atoms with E-state index in [1.54, 1.807) is 30.3 Å². The zero-order valence-electron chi connectivity index (χ0n) is 16.2. The van der Waals surface area contributed by atoms with E-state index in [4.69, 9.17) is 28.6 Å². The van der Waals surface area contributed by atoms with Crippen LogP contribution in [0.2, 0.25) is 0 Å². The Bertz CT molecular complexity index is 699. The molecule has 0 bridgehead atoms. The first-order valence-corrected chi connectivity index (χ1v) is 11.1. The van der Waals surface area contributed by atoms with Crippen LogP contribution in [0.25, 0.3) is 0 Å². The van der Waals surface area contributed by atoms with E-state index < -0.39 is 29.5 Å². The highest BCUT2D eigenvalue weighted by atomic mass is 31.2. The van der Waals surface area contributed by atoms with Crippen LogP contribution >= 0.6 is 17.2 Å². The fraction of sp³-hybridized carbons (Fsp3) is 0.389. The van der Waals surface area contributed by atoms with Gasteiger partial charge in [-0.1, -0.05) is 35.4 Å². The van der Waals surface area contributed by atoms with Crippen molar-refractivity contribution in [2.24, 2.45) is 0 Å². The summed E-state index contributed by atoms with van der Waals surface area (Å²) in [5.74, 6) is -0.980. The number of carboxylic acid groups (broad SMARTS) is 1. The van der Waals surface area contributed by atoms with Crippen LogP contribution in [0.3, 0.4) is 0 Å². The molecular formula is C18H27NO8P2. The zero-order valence-corrected chi connectivity index (χ0v) is 18.0. The van der Waals surface area contributed by atoms with Gasteiger partial charge in [0.15, 0.2) is 6.29 Å². The zero-order chi connectivity index (χ0) is 21.8. The molecule has 0 heterocycles. The molecule has 0 unspecified atom stereocenters. The summed E-state index contributed by atoms with van der Waals surface area (Å²) < 4.78 is 9.40. The number of nitrogens with one attached hydrogen (secondary N) is 1. The van der Waals surface area contributed by atoms with Gasteiger partial charge in [-0.05, 0) is 38.8 Å². The van der Waals surface area contributed by atoms with Gasteiger partial charge in [-0.2, -0.15) is 0 Å². The predicted molar refractivity (Wildman–Crippen MR) is 112 cm³/mol. The van der Waals surface area contributed by atoms with E-state index in [9.17, 15) is 9.90 Å². The SMILES string of the molecule is C/C(=C\CC(OP(O)O)OP(O)O)CC/C=C(\C)CNc1ccccc1C(=O)O. The van der Waals surface area contributed by atoms with Crippen LogP contribution < -0.4 is 5.32 Å². The van der Waals surface area contributed by atoms with Crippen LogP contribution in [0.5, 0.6) is 0 Å². The summed E-state index contributed by atoms with van der Waals surface area (Å²) in [7, 11) is -5.34. The maximum Gasteiger partial charge on any atom is 0.337 e. The van der Waals surface area contributed by atoms with Crippen molar-refractivity contribution >= 4 is 28.9 Å². The summed E-state index contributed by atoms with van der Waals surface area (Å²) in [5, 5.41) is 12.3. The standard InChI is InChI=1S/C18H27NO8P2/c1-13(10-11-17(26-28(22)23)27-29(24)25)6-5-7-14(2)12-19-16-9-4-3-8-15(16)18(20)21/h3-4,7-10,17,19,22-25H,5-6,11-12H2,1-2H3,(H,20,21)/b13-10+,14-7+. The smallest absolute Gasteiger partial charge is 0.337 e. The third kappa shape index (κ3) is 11.4. The minimum Gasteiger partial charge on any atom is -0.478 e. The first-order valence-electron chi connectivity index (χ1n) is 8.75. The molecule has 0 saturated carbocycles. The summed E-state index contributed by atoms with van der Waals surface area (Å²) in [6, 6.07) is 6.72. The van der Waals surface area contributed by atoms with Crippen molar-refractivity contribution in [2.45, 2.75) is 39.4 Å². The molecule has 0 aromatic heterocycles. The van der Waals surface area contributed by atoms with Gasteiger partial charge in [0.2, 0.25) is 0 Å². The highest BCUT2D eigenvalue weighted by molar-refractivity contribution is 7.40. The predicted octanol–water partition coefficient (Wildman–Crippen LogP) is 3.64. The topological polar surface area (TPSA) is 149 Å². The highest BCUT2D eigenvalue weighted by Crippen LogP contribution is 2.35. The molecule has 0 aliphatic carbocycles. The van der Waals surface area contributed by atoms with E-state index in [1.807, 2.05) is 19.9 Å². The molecule has 0 aliphatic heterocycles. The van der Waals surface area contributed by atoms with E-state index in [0.29, 0.717) is 12.2 Å². The molecule has 1 rings (SSSR count). The second kappa shape index (κ2) is 13.7. The first-order chi connectivity index (χ1) is 13.7. The van der Waals surface area contributed by atoms with Crippen molar-refractivity contribution in [3.05, 3.63) is 53.1 Å². The van der Waals surface area contributed by atoms with Crippen molar-refractivity contribution < 1.29 is 38.5 Å². The van der Waals surface area contributed by atoms with Gasteiger partial charge in [0.25, 0.3) is 0 Å². The Morgan fingerprint density at radius 3 is 2.28 bits per heavy atom. The van der Waals surface area contributed by atoms with E-state index in [0.717, 1.165) is 24.0 Å². The maximum atomic E-state index is 11.2. The lowest BCUT2D eigenvalue weighted by molar-refractivity contribution is -0.00771. The molecule has 0 spiro atoms. The monoisotopic (exact) mass is 447 g/mol. The molecular weight excluding hydrogens is 420 g/mol. The van der Waals surface area contributed by atoms with Crippen molar-refractivity contribution in [3.63, 3.8) is 0 Å². The van der Waals surface area contributed by atoms with Crippen molar-refractivity contribution in [1.82, 2.24) is 0 Å². The number of hydrogen-bond acceptors (Lipinski definition) is 8. The minimum atomic E-state index is -2.67. The largest absolute Gasteiger partial charge is 0.478 e. The second-order valence-corrected chi connectivity index (χ2v) is 7.66. The number of carbonyl (C=O) groups is 1. The molecule has 162 valence electrons. The van der Waals surface area contributed by atoms with Crippen LogP contribution in [-0.2, 0) is 9.05 Å². The number of carboxylic acids is 1. The van der Waals surface area contributed by atoms with Crippen LogP contribution in [0, 0.1) is 0 Å². The Balaban J connectivity index is 2.48. The third-order valence-electron chi connectivity index (χ3n) is 3.83. The Hall–Kier alpha value is -1.41. The van der Waals surface area contributed by atoms with Gasteiger partial charge in [0.1, 0.15) is 0 Å². The number of allylic oxidation sites excluding steroid dienone is 2. The molecule has 6 N–H and O–H groups in total. The van der Waals surface area contributed by atoms with E-state index >= 15 is 0 Å². The Morgan fingerprint density at radius 2 is 1.69 bits per heavy atom.